The molecule has 0 bridgehead atoms. The molecule has 3 nitrogen and oxygen atoms in total. The maximum absolute atomic E-state index is 13.5. The third-order valence-electron chi connectivity index (χ3n) is 1.94. The fraction of sp³-hybridized carbons (Fsp3) is 0.0909. The largest absolute Gasteiger partial charge is 0.339 e. The predicted octanol–water partition coefficient (Wildman–Crippen LogP) is 3.34. The van der Waals surface area contributed by atoms with Gasteiger partial charge in [0.05, 0.1) is 5.02 Å². The third-order valence-corrected chi connectivity index (χ3v) is 2.23. The topological polar surface area (TPSA) is 38.9 Å². The highest BCUT2D eigenvalue weighted by Crippen LogP contribution is 2.19. The molecule has 0 aliphatic heterocycles. The molecule has 1 heterocycles. The number of aromatic nitrogens is 2. The molecule has 2 aromatic rings. The lowest BCUT2D eigenvalue weighted by Crippen LogP contribution is -1.83. The highest BCUT2D eigenvalue weighted by atomic mass is 35.5. The normalized spacial score (nSPS) is 11.2. The monoisotopic (exact) mass is 238 g/mol. The molecule has 16 heavy (non-hydrogen) atoms. The Bertz CT molecular complexity index is 537. The SMILES string of the molecule is Cc1nc(/C=C/c2cccc(Cl)c2F)no1. The van der Waals surface area contributed by atoms with Crippen molar-refractivity contribution in [3.63, 3.8) is 0 Å². The van der Waals surface area contributed by atoms with Crippen molar-refractivity contribution in [3.05, 3.63) is 46.3 Å². The molecule has 0 radical (unpaired) electrons. The summed E-state index contributed by atoms with van der Waals surface area (Å²) in [6, 6.07) is 4.78. The maximum Gasteiger partial charge on any atom is 0.223 e. The van der Waals surface area contributed by atoms with Gasteiger partial charge in [-0.2, -0.15) is 4.98 Å². The number of hydrogen-bond acceptors (Lipinski definition) is 3. The van der Waals surface area contributed by atoms with Gasteiger partial charge in [0.25, 0.3) is 0 Å². The molecular formula is C11H8ClFN2O. The highest BCUT2D eigenvalue weighted by molar-refractivity contribution is 6.30. The van der Waals surface area contributed by atoms with Crippen molar-refractivity contribution >= 4 is 23.8 Å². The Labute approximate surface area is 96.5 Å². The molecule has 0 atom stereocenters. The predicted molar refractivity (Wildman–Crippen MR) is 59.4 cm³/mol. The smallest absolute Gasteiger partial charge is 0.223 e. The molecule has 0 spiro atoms. The Balaban J connectivity index is 2.27. The summed E-state index contributed by atoms with van der Waals surface area (Å²) < 4.78 is 18.2. The van der Waals surface area contributed by atoms with E-state index >= 15 is 0 Å². The number of benzene rings is 1. The van der Waals surface area contributed by atoms with Gasteiger partial charge in [0.1, 0.15) is 5.82 Å². The Morgan fingerprint density at radius 1 is 1.38 bits per heavy atom. The number of halogens is 2. The summed E-state index contributed by atoms with van der Waals surface area (Å²) in [5, 5.41) is 3.74. The lowest BCUT2D eigenvalue weighted by Gasteiger charge is -1.97. The van der Waals surface area contributed by atoms with Gasteiger partial charge in [-0.1, -0.05) is 28.9 Å². The fourth-order valence-electron chi connectivity index (χ4n) is 1.20. The average molecular weight is 239 g/mol. The van der Waals surface area contributed by atoms with Crippen molar-refractivity contribution in [2.75, 3.05) is 0 Å². The summed E-state index contributed by atoms with van der Waals surface area (Å²) in [6.45, 7) is 1.68. The van der Waals surface area contributed by atoms with E-state index in [-0.39, 0.29) is 5.02 Å². The van der Waals surface area contributed by atoms with E-state index in [0.29, 0.717) is 17.3 Å². The Hall–Kier alpha value is -1.68. The molecule has 0 unspecified atom stereocenters. The Morgan fingerprint density at radius 2 is 2.19 bits per heavy atom. The van der Waals surface area contributed by atoms with Crippen molar-refractivity contribution in [2.24, 2.45) is 0 Å². The molecule has 0 fully saturated rings. The zero-order valence-electron chi connectivity index (χ0n) is 8.45. The minimum Gasteiger partial charge on any atom is -0.339 e. The number of hydrogen-bond donors (Lipinski definition) is 0. The van der Waals surface area contributed by atoms with Gasteiger partial charge in [-0.05, 0) is 18.2 Å². The van der Waals surface area contributed by atoms with E-state index in [9.17, 15) is 4.39 Å². The summed E-state index contributed by atoms with van der Waals surface area (Å²) in [6.07, 6.45) is 3.11. The summed E-state index contributed by atoms with van der Waals surface area (Å²) in [5.74, 6) is 0.406. The van der Waals surface area contributed by atoms with Crippen molar-refractivity contribution in [1.29, 1.82) is 0 Å². The second-order valence-corrected chi connectivity index (χ2v) is 3.56. The van der Waals surface area contributed by atoms with Crippen LogP contribution in [0.5, 0.6) is 0 Å². The molecular weight excluding hydrogens is 231 g/mol. The van der Waals surface area contributed by atoms with Crippen LogP contribution in [0.1, 0.15) is 17.3 Å². The van der Waals surface area contributed by atoms with E-state index in [4.69, 9.17) is 16.1 Å². The van der Waals surface area contributed by atoms with E-state index in [1.54, 1.807) is 31.2 Å². The zero-order valence-corrected chi connectivity index (χ0v) is 9.20. The van der Waals surface area contributed by atoms with E-state index in [1.807, 2.05) is 0 Å². The molecule has 0 aliphatic carbocycles. The first-order valence-corrected chi connectivity index (χ1v) is 4.97. The van der Waals surface area contributed by atoms with Gasteiger partial charge in [-0.25, -0.2) is 4.39 Å². The van der Waals surface area contributed by atoms with E-state index in [0.717, 1.165) is 0 Å². The molecule has 0 N–H and O–H groups in total. The van der Waals surface area contributed by atoms with Gasteiger partial charge in [0, 0.05) is 12.5 Å². The lowest BCUT2D eigenvalue weighted by atomic mass is 10.2. The molecule has 0 amide bonds. The van der Waals surface area contributed by atoms with Crippen LogP contribution in [-0.4, -0.2) is 10.1 Å². The van der Waals surface area contributed by atoms with Crippen LogP contribution < -0.4 is 0 Å². The molecule has 0 aliphatic rings. The molecule has 82 valence electrons. The second kappa shape index (κ2) is 4.45. The van der Waals surface area contributed by atoms with Crippen LogP contribution >= 0.6 is 11.6 Å². The molecule has 1 aromatic carbocycles. The summed E-state index contributed by atoms with van der Waals surface area (Å²) in [7, 11) is 0. The summed E-state index contributed by atoms with van der Waals surface area (Å²) in [5.41, 5.74) is 0.384. The maximum atomic E-state index is 13.5. The summed E-state index contributed by atoms with van der Waals surface area (Å²) >= 11 is 5.64. The van der Waals surface area contributed by atoms with Gasteiger partial charge >= 0.3 is 0 Å². The lowest BCUT2D eigenvalue weighted by molar-refractivity contribution is 0.391. The minimum absolute atomic E-state index is 0.0893. The standard InChI is InChI=1S/C11H8ClFN2O/c1-7-14-10(15-16-7)6-5-8-3-2-4-9(12)11(8)13/h2-6H,1H3/b6-5+. The average Bonchev–Trinajstić information content (AvgIpc) is 2.67. The quantitative estimate of drug-likeness (QED) is 0.806. The summed E-state index contributed by atoms with van der Waals surface area (Å²) in [4.78, 5) is 3.96. The second-order valence-electron chi connectivity index (χ2n) is 3.15. The Morgan fingerprint density at radius 3 is 2.88 bits per heavy atom. The fourth-order valence-corrected chi connectivity index (χ4v) is 1.38. The molecule has 1 aromatic heterocycles. The number of rotatable bonds is 2. The molecule has 5 heteroatoms. The number of nitrogens with zero attached hydrogens (tertiary/aromatic N) is 2. The van der Waals surface area contributed by atoms with Gasteiger partial charge in [0.2, 0.25) is 5.89 Å². The highest BCUT2D eigenvalue weighted by Gasteiger charge is 2.03. The van der Waals surface area contributed by atoms with Gasteiger partial charge in [-0.15, -0.1) is 0 Å². The first-order valence-electron chi connectivity index (χ1n) is 4.59. The first kappa shape index (κ1) is 10.8. The van der Waals surface area contributed by atoms with Crippen LogP contribution in [0.2, 0.25) is 5.02 Å². The van der Waals surface area contributed by atoms with Crippen LogP contribution in [0.25, 0.3) is 12.2 Å². The molecule has 0 saturated heterocycles. The van der Waals surface area contributed by atoms with Crippen molar-refractivity contribution in [2.45, 2.75) is 6.92 Å². The third kappa shape index (κ3) is 2.28. The van der Waals surface area contributed by atoms with Crippen molar-refractivity contribution in [3.8, 4) is 0 Å². The Kier molecular flexibility index (Phi) is 3.01. The van der Waals surface area contributed by atoms with Gasteiger partial charge in [-0.3, -0.25) is 0 Å². The van der Waals surface area contributed by atoms with Crippen LogP contribution in [0.4, 0.5) is 4.39 Å². The van der Waals surface area contributed by atoms with Crippen LogP contribution in [0, 0.1) is 12.7 Å². The minimum atomic E-state index is -0.458. The van der Waals surface area contributed by atoms with Crippen LogP contribution in [0.3, 0.4) is 0 Å². The van der Waals surface area contributed by atoms with E-state index < -0.39 is 5.82 Å². The molecule has 2 rings (SSSR count). The van der Waals surface area contributed by atoms with Crippen molar-refractivity contribution in [1.82, 2.24) is 10.1 Å². The number of aryl methyl sites for hydroxylation is 1. The van der Waals surface area contributed by atoms with Crippen LogP contribution in [0.15, 0.2) is 22.7 Å². The van der Waals surface area contributed by atoms with Gasteiger partial charge in [0.15, 0.2) is 5.82 Å². The van der Waals surface area contributed by atoms with E-state index in [1.165, 1.54) is 6.07 Å². The van der Waals surface area contributed by atoms with E-state index in [2.05, 4.69) is 10.1 Å². The van der Waals surface area contributed by atoms with Crippen molar-refractivity contribution < 1.29 is 8.91 Å². The van der Waals surface area contributed by atoms with Crippen LogP contribution in [-0.2, 0) is 0 Å². The zero-order chi connectivity index (χ0) is 11.5. The molecule has 0 saturated carbocycles. The van der Waals surface area contributed by atoms with Gasteiger partial charge < -0.3 is 4.52 Å². The first-order chi connectivity index (χ1) is 7.66.